The van der Waals surface area contributed by atoms with E-state index in [-0.39, 0.29) is 36.5 Å². The van der Waals surface area contributed by atoms with E-state index in [2.05, 4.69) is 4.98 Å². The van der Waals surface area contributed by atoms with Crippen molar-refractivity contribution in [1.82, 2.24) is 14.5 Å². The smallest absolute Gasteiger partial charge is 0.336 e. The molecule has 0 fully saturated rings. The molecular weight excluding hydrogens is 401 g/mol. The van der Waals surface area contributed by atoms with Gasteiger partial charge in [-0.05, 0) is 18.2 Å². The molecule has 4 rings (SSSR count). The molecule has 0 bridgehead atoms. The van der Waals surface area contributed by atoms with Crippen LogP contribution in [-0.4, -0.2) is 43.1 Å². The van der Waals surface area contributed by atoms with Gasteiger partial charge >= 0.3 is 5.97 Å². The van der Waals surface area contributed by atoms with Gasteiger partial charge in [-0.25, -0.2) is 14.2 Å². The van der Waals surface area contributed by atoms with E-state index in [4.69, 9.17) is 0 Å². The van der Waals surface area contributed by atoms with Crippen molar-refractivity contribution in [2.45, 2.75) is 13.1 Å². The third-order valence-electron chi connectivity index (χ3n) is 4.71. The molecule has 8 nitrogen and oxygen atoms in total. The van der Waals surface area contributed by atoms with Crippen molar-refractivity contribution >= 4 is 23.2 Å². The second-order valence-corrected chi connectivity index (χ2v) is 7.31. The highest BCUT2D eigenvalue weighted by Crippen LogP contribution is 2.27. The molecule has 148 valence electrons. The second-order valence-electron chi connectivity index (χ2n) is 6.42. The highest BCUT2D eigenvalue weighted by Gasteiger charge is 2.28. The molecule has 2 N–H and O–H groups in total. The number of rotatable bonds is 3. The first-order valence-corrected chi connectivity index (χ1v) is 9.42. The quantitative estimate of drug-likeness (QED) is 0.678. The topological polar surface area (TPSA) is 113 Å². The highest BCUT2D eigenvalue weighted by atomic mass is 32.1. The van der Waals surface area contributed by atoms with Crippen LogP contribution >= 0.6 is 11.3 Å². The van der Waals surface area contributed by atoms with Crippen LogP contribution in [0.2, 0.25) is 0 Å². The van der Waals surface area contributed by atoms with Gasteiger partial charge in [-0.2, -0.15) is 0 Å². The summed E-state index contributed by atoms with van der Waals surface area (Å²) in [5.74, 6) is -3.28. The number of hydrogen-bond acceptors (Lipinski definition) is 6. The predicted molar refractivity (Wildman–Crippen MR) is 102 cm³/mol. The maximum absolute atomic E-state index is 13.4. The third kappa shape index (κ3) is 3.27. The average molecular weight is 415 g/mol. The molecule has 1 aliphatic rings. The van der Waals surface area contributed by atoms with Crippen molar-refractivity contribution in [1.29, 1.82) is 0 Å². The fourth-order valence-corrected chi connectivity index (χ4v) is 3.92. The van der Waals surface area contributed by atoms with E-state index in [1.165, 1.54) is 16.2 Å². The molecule has 0 aliphatic carbocycles. The number of pyridine rings is 1. The number of fused-ring (bicyclic) bond motifs is 1. The molecule has 0 saturated heterocycles. The Morgan fingerprint density at radius 2 is 2.00 bits per heavy atom. The van der Waals surface area contributed by atoms with Gasteiger partial charge in [0.15, 0.2) is 5.75 Å². The number of nitrogens with zero attached hydrogens (tertiary/aromatic N) is 3. The van der Waals surface area contributed by atoms with Crippen molar-refractivity contribution < 1.29 is 24.2 Å². The molecule has 2 aromatic heterocycles. The molecule has 0 atom stereocenters. The minimum atomic E-state index is -1.42. The lowest BCUT2D eigenvalue weighted by Crippen LogP contribution is -2.40. The van der Waals surface area contributed by atoms with Crippen molar-refractivity contribution in [3.63, 3.8) is 0 Å². The summed E-state index contributed by atoms with van der Waals surface area (Å²) in [6.07, 6.45) is 3.16. The molecule has 3 aromatic rings. The molecule has 0 saturated carbocycles. The lowest BCUT2D eigenvalue weighted by molar-refractivity contribution is 0.0659. The van der Waals surface area contributed by atoms with E-state index in [9.17, 15) is 29.0 Å². The number of hydrogen-bond donors (Lipinski definition) is 2. The molecule has 29 heavy (non-hydrogen) atoms. The summed E-state index contributed by atoms with van der Waals surface area (Å²) in [5, 5.41) is 21.9. The van der Waals surface area contributed by atoms with Gasteiger partial charge in [0.05, 0.1) is 28.9 Å². The van der Waals surface area contributed by atoms with Crippen molar-refractivity contribution in [3.05, 3.63) is 68.8 Å². The van der Waals surface area contributed by atoms with E-state index in [1.807, 2.05) is 0 Å². The van der Waals surface area contributed by atoms with Gasteiger partial charge in [0.25, 0.3) is 5.91 Å². The molecule has 0 spiro atoms. The van der Waals surface area contributed by atoms with Crippen LogP contribution in [0, 0.1) is 5.82 Å². The van der Waals surface area contributed by atoms with Crippen LogP contribution in [0.15, 0.2) is 40.8 Å². The number of aromatic hydroxyl groups is 1. The fraction of sp³-hybridized carbons (Fsp3) is 0.158. The fourth-order valence-electron chi connectivity index (χ4n) is 3.27. The Kier molecular flexibility index (Phi) is 4.63. The number of thiazole rings is 1. The Balaban J connectivity index is 1.70. The molecular formula is C19H14FN3O5S. The largest absolute Gasteiger partial charge is 0.503 e. The van der Waals surface area contributed by atoms with Crippen LogP contribution in [0.3, 0.4) is 0 Å². The Morgan fingerprint density at radius 1 is 1.21 bits per heavy atom. The van der Waals surface area contributed by atoms with Crippen LogP contribution in [0.4, 0.5) is 4.39 Å². The zero-order chi connectivity index (χ0) is 20.7. The molecule has 3 heterocycles. The van der Waals surface area contributed by atoms with E-state index in [0.717, 1.165) is 18.2 Å². The maximum Gasteiger partial charge on any atom is 0.336 e. The van der Waals surface area contributed by atoms with Crippen LogP contribution in [-0.2, 0) is 13.1 Å². The molecule has 0 unspecified atom stereocenters. The Labute approximate surface area is 167 Å². The van der Waals surface area contributed by atoms with Gasteiger partial charge in [0.1, 0.15) is 10.8 Å². The first-order valence-electron chi connectivity index (χ1n) is 8.54. The average Bonchev–Trinajstić information content (AvgIpc) is 3.24. The number of amides is 1. The first-order chi connectivity index (χ1) is 13.9. The van der Waals surface area contributed by atoms with Gasteiger partial charge in [0.2, 0.25) is 5.43 Å². The molecule has 0 radical (unpaired) electrons. The summed E-state index contributed by atoms with van der Waals surface area (Å²) in [4.78, 5) is 42.2. The third-order valence-corrected chi connectivity index (χ3v) is 5.51. The number of benzene rings is 1. The Morgan fingerprint density at radius 3 is 2.69 bits per heavy atom. The summed E-state index contributed by atoms with van der Waals surface area (Å²) in [5.41, 5.74) is -0.676. The summed E-state index contributed by atoms with van der Waals surface area (Å²) < 4.78 is 15.1. The zero-order valence-electron chi connectivity index (χ0n) is 14.8. The minimum Gasteiger partial charge on any atom is -0.503 e. The standard InChI is InChI=1S/C19H14FN3O5S/c20-10-1-2-11(12(7-10)19(27)28)18(26)23-5-4-22-8-13(17-21-3-6-29-17)15(24)16(25)14(22)9-23/h1-3,6-8,25H,4-5,9H2,(H,27,28). The van der Waals surface area contributed by atoms with Gasteiger partial charge in [-0.15, -0.1) is 11.3 Å². The van der Waals surface area contributed by atoms with Crippen molar-refractivity contribution in [3.8, 4) is 16.3 Å². The predicted octanol–water partition coefficient (Wildman–Crippen LogP) is 2.17. The number of aromatic nitrogens is 2. The molecule has 1 aliphatic heterocycles. The second kappa shape index (κ2) is 7.13. The summed E-state index contributed by atoms with van der Waals surface area (Å²) in [6, 6.07) is 2.92. The summed E-state index contributed by atoms with van der Waals surface area (Å²) in [7, 11) is 0. The Bertz CT molecular complexity index is 1190. The van der Waals surface area contributed by atoms with Gasteiger partial charge < -0.3 is 19.7 Å². The number of carboxylic acids is 1. The normalized spacial score (nSPS) is 13.2. The van der Waals surface area contributed by atoms with Gasteiger partial charge in [0, 0.05) is 30.9 Å². The zero-order valence-corrected chi connectivity index (χ0v) is 15.6. The molecule has 1 amide bonds. The summed E-state index contributed by atoms with van der Waals surface area (Å²) >= 11 is 1.27. The van der Waals surface area contributed by atoms with Gasteiger partial charge in [-0.3, -0.25) is 9.59 Å². The van der Waals surface area contributed by atoms with Crippen LogP contribution in [0.25, 0.3) is 10.6 Å². The van der Waals surface area contributed by atoms with Crippen LogP contribution in [0.1, 0.15) is 26.4 Å². The SMILES string of the molecule is O=C(O)c1cc(F)ccc1C(=O)N1CCn2cc(-c3nccs3)c(=O)c(O)c2C1. The van der Waals surface area contributed by atoms with E-state index in [1.54, 1.807) is 22.3 Å². The van der Waals surface area contributed by atoms with Crippen molar-refractivity contribution in [2.75, 3.05) is 6.54 Å². The molecule has 10 heteroatoms. The van der Waals surface area contributed by atoms with Crippen LogP contribution < -0.4 is 5.43 Å². The number of aromatic carboxylic acids is 1. The van der Waals surface area contributed by atoms with E-state index >= 15 is 0 Å². The maximum atomic E-state index is 13.4. The first kappa shape index (κ1) is 18.8. The minimum absolute atomic E-state index is 0.0888. The van der Waals surface area contributed by atoms with E-state index in [0.29, 0.717) is 5.01 Å². The lowest BCUT2D eigenvalue weighted by atomic mass is 10.0. The number of carbonyl (C=O) groups excluding carboxylic acids is 1. The number of halogens is 1. The number of carboxylic acid groups (broad SMARTS) is 1. The summed E-state index contributed by atoms with van der Waals surface area (Å²) in [6.45, 7) is 0.424. The van der Waals surface area contributed by atoms with E-state index < -0.39 is 34.4 Å². The number of carbonyl (C=O) groups is 2. The van der Waals surface area contributed by atoms with Gasteiger partial charge in [-0.1, -0.05) is 0 Å². The Hall–Kier alpha value is -3.53. The molecule has 1 aromatic carbocycles. The lowest BCUT2D eigenvalue weighted by Gasteiger charge is -2.31. The van der Waals surface area contributed by atoms with Crippen LogP contribution in [0.5, 0.6) is 5.75 Å². The monoisotopic (exact) mass is 415 g/mol. The highest BCUT2D eigenvalue weighted by molar-refractivity contribution is 7.13. The van der Waals surface area contributed by atoms with Crippen molar-refractivity contribution in [2.24, 2.45) is 0 Å².